The number of aromatic amines is 1. The van der Waals surface area contributed by atoms with Crippen molar-refractivity contribution < 1.29 is 17.0 Å². The van der Waals surface area contributed by atoms with E-state index in [4.69, 9.17) is 23.2 Å². The van der Waals surface area contributed by atoms with Crippen LogP contribution in [0.1, 0.15) is 0 Å². The highest BCUT2D eigenvalue weighted by Gasteiger charge is 2.21. The van der Waals surface area contributed by atoms with E-state index in [-0.39, 0.29) is 12.4 Å². The monoisotopic (exact) mass is 336 g/mol. The zero-order chi connectivity index (χ0) is 13.9. The predicted molar refractivity (Wildman–Crippen MR) is 84.5 cm³/mol. The van der Waals surface area contributed by atoms with Crippen molar-refractivity contribution in [3.63, 3.8) is 0 Å². The second-order valence-electron chi connectivity index (χ2n) is 4.93. The van der Waals surface area contributed by atoms with Crippen LogP contribution in [0.5, 0.6) is 0 Å². The number of halogens is 3. The minimum absolute atomic E-state index is 0. The Balaban J connectivity index is 0.00000132. The van der Waals surface area contributed by atoms with Gasteiger partial charge in [-0.15, -0.1) is 0 Å². The number of nitrogens with zero attached hydrogens (tertiary/aromatic N) is 1. The van der Waals surface area contributed by atoms with Gasteiger partial charge in [0.25, 0.3) is 0 Å². The van der Waals surface area contributed by atoms with E-state index in [1.165, 1.54) is 0 Å². The Morgan fingerprint density at radius 1 is 1.00 bits per heavy atom. The maximum Gasteiger partial charge on any atom is 0.240 e. The molecular formula is C16H11Cl3N2. The van der Waals surface area contributed by atoms with E-state index in [0.717, 1.165) is 37.9 Å². The van der Waals surface area contributed by atoms with Gasteiger partial charge in [0.15, 0.2) is 0 Å². The summed E-state index contributed by atoms with van der Waals surface area (Å²) in [4.78, 5) is 3.41. The standard InChI is InChI=1S/C16H10Cl2N2.ClH/c1-20-13-8-9(17)6-7-11(13)14(18)15-16(20)10-4-2-3-5-12(10)19-15;/h2-8H,1H3;1H. The third-order valence-corrected chi connectivity index (χ3v) is 4.42. The average molecular weight is 338 g/mol. The summed E-state index contributed by atoms with van der Waals surface area (Å²) in [5.74, 6) is 0. The number of nitrogens with one attached hydrogen (secondary N) is 1. The Morgan fingerprint density at radius 3 is 2.57 bits per heavy atom. The minimum atomic E-state index is 0. The van der Waals surface area contributed by atoms with Crippen LogP contribution in [0.4, 0.5) is 0 Å². The fourth-order valence-electron chi connectivity index (χ4n) is 2.86. The lowest BCUT2D eigenvalue weighted by atomic mass is 10.1. The van der Waals surface area contributed by atoms with Crippen LogP contribution in [-0.4, -0.2) is 4.98 Å². The van der Waals surface area contributed by atoms with Crippen LogP contribution in [0.2, 0.25) is 10.0 Å². The maximum atomic E-state index is 6.58. The summed E-state index contributed by atoms with van der Waals surface area (Å²) in [6.07, 6.45) is 0. The van der Waals surface area contributed by atoms with Crippen LogP contribution < -0.4 is 17.0 Å². The lowest BCUT2D eigenvalue weighted by Crippen LogP contribution is -3.00. The Hall–Kier alpha value is -1.48. The van der Waals surface area contributed by atoms with Crippen LogP contribution in [0, 0.1) is 0 Å². The molecule has 0 fully saturated rings. The molecule has 1 N–H and O–H groups in total. The lowest BCUT2D eigenvalue weighted by Gasteiger charge is -2.02. The molecule has 21 heavy (non-hydrogen) atoms. The van der Waals surface area contributed by atoms with E-state index in [0.29, 0.717) is 5.02 Å². The van der Waals surface area contributed by atoms with Gasteiger partial charge >= 0.3 is 0 Å². The van der Waals surface area contributed by atoms with Crippen molar-refractivity contribution in [3.05, 3.63) is 52.5 Å². The molecule has 0 radical (unpaired) electrons. The molecule has 0 amide bonds. The van der Waals surface area contributed by atoms with Crippen molar-refractivity contribution in [2.24, 2.45) is 7.05 Å². The second-order valence-corrected chi connectivity index (χ2v) is 5.74. The van der Waals surface area contributed by atoms with Crippen molar-refractivity contribution >= 4 is 56.0 Å². The van der Waals surface area contributed by atoms with Gasteiger partial charge in [-0.05, 0) is 24.3 Å². The van der Waals surface area contributed by atoms with E-state index in [1.807, 2.05) is 37.4 Å². The predicted octanol–water partition coefficient (Wildman–Crippen LogP) is 1.61. The number of hydrogen-bond donors (Lipinski definition) is 1. The zero-order valence-electron chi connectivity index (χ0n) is 11.1. The maximum absolute atomic E-state index is 6.58. The number of hydrogen-bond acceptors (Lipinski definition) is 0. The van der Waals surface area contributed by atoms with Gasteiger partial charge in [0.1, 0.15) is 12.6 Å². The molecule has 2 aromatic heterocycles. The summed E-state index contributed by atoms with van der Waals surface area (Å²) in [6, 6.07) is 14.0. The molecular weight excluding hydrogens is 327 g/mol. The van der Waals surface area contributed by atoms with Gasteiger partial charge in [0, 0.05) is 11.1 Å². The third-order valence-electron chi connectivity index (χ3n) is 3.79. The molecule has 0 saturated heterocycles. The average Bonchev–Trinajstić information content (AvgIpc) is 2.84. The SMILES string of the molecule is C[n+]1c2cc(Cl)ccc2c(Cl)c2[nH]c3ccccc3c21.[Cl-]. The molecule has 0 unspecified atom stereocenters. The number of benzene rings is 2. The first-order valence-corrected chi connectivity index (χ1v) is 7.09. The van der Waals surface area contributed by atoms with Gasteiger partial charge < -0.3 is 17.4 Å². The molecule has 0 aliphatic heterocycles. The van der Waals surface area contributed by atoms with Gasteiger partial charge in [-0.2, -0.15) is 4.57 Å². The third kappa shape index (κ3) is 1.98. The van der Waals surface area contributed by atoms with Crippen LogP contribution in [0.25, 0.3) is 32.8 Å². The van der Waals surface area contributed by atoms with Crippen molar-refractivity contribution in [1.29, 1.82) is 0 Å². The highest BCUT2D eigenvalue weighted by Crippen LogP contribution is 2.33. The fourth-order valence-corrected chi connectivity index (χ4v) is 3.32. The van der Waals surface area contributed by atoms with Crippen LogP contribution >= 0.6 is 23.2 Å². The normalized spacial score (nSPS) is 11.2. The van der Waals surface area contributed by atoms with Gasteiger partial charge in [0.2, 0.25) is 11.0 Å². The molecule has 106 valence electrons. The van der Waals surface area contributed by atoms with Crippen molar-refractivity contribution in [2.45, 2.75) is 0 Å². The van der Waals surface area contributed by atoms with Crippen LogP contribution in [-0.2, 0) is 7.05 Å². The molecule has 4 aromatic rings. The van der Waals surface area contributed by atoms with Crippen molar-refractivity contribution in [2.75, 3.05) is 0 Å². The molecule has 0 bridgehead atoms. The molecule has 2 aromatic carbocycles. The van der Waals surface area contributed by atoms with Crippen LogP contribution in [0.3, 0.4) is 0 Å². The molecule has 2 heterocycles. The Labute approximate surface area is 137 Å². The van der Waals surface area contributed by atoms with E-state index < -0.39 is 0 Å². The van der Waals surface area contributed by atoms with Crippen molar-refractivity contribution in [1.82, 2.24) is 4.98 Å². The summed E-state index contributed by atoms with van der Waals surface area (Å²) in [5.41, 5.74) is 4.17. The first-order valence-electron chi connectivity index (χ1n) is 6.34. The second kappa shape index (κ2) is 5.06. The van der Waals surface area contributed by atoms with Gasteiger partial charge in [-0.1, -0.05) is 35.3 Å². The molecule has 2 nitrogen and oxygen atoms in total. The van der Waals surface area contributed by atoms with Gasteiger partial charge in [-0.25, -0.2) is 0 Å². The number of fused-ring (bicyclic) bond motifs is 4. The van der Waals surface area contributed by atoms with E-state index in [1.54, 1.807) is 0 Å². The smallest absolute Gasteiger partial charge is 0.240 e. The fraction of sp³-hybridized carbons (Fsp3) is 0.0625. The molecule has 0 spiro atoms. The summed E-state index contributed by atoms with van der Waals surface area (Å²) in [7, 11) is 2.04. The van der Waals surface area contributed by atoms with Crippen molar-refractivity contribution in [3.8, 4) is 0 Å². The van der Waals surface area contributed by atoms with E-state index >= 15 is 0 Å². The first-order chi connectivity index (χ1) is 9.66. The number of rotatable bonds is 0. The molecule has 0 atom stereocenters. The molecule has 0 aliphatic carbocycles. The van der Waals surface area contributed by atoms with Crippen LogP contribution in [0.15, 0.2) is 42.5 Å². The Kier molecular flexibility index (Phi) is 3.48. The topological polar surface area (TPSA) is 19.7 Å². The number of aromatic nitrogens is 2. The van der Waals surface area contributed by atoms with E-state index in [9.17, 15) is 0 Å². The summed E-state index contributed by atoms with van der Waals surface area (Å²) < 4.78 is 2.14. The lowest BCUT2D eigenvalue weighted by molar-refractivity contribution is -0.616. The summed E-state index contributed by atoms with van der Waals surface area (Å²) in [6.45, 7) is 0. The highest BCUT2D eigenvalue weighted by atomic mass is 35.5. The van der Waals surface area contributed by atoms with Gasteiger partial charge in [-0.3, -0.25) is 0 Å². The number of pyridine rings is 1. The molecule has 5 heteroatoms. The molecule has 4 rings (SSSR count). The molecule has 0 saturated carbocycles. The number of aryl methyl sites for hydroxylation is 1. The zero-order valence-corrected chi connectivity index (χ0v) is 13.4. The number of para-hydroxylation sites is 1. The summed E-state index contributed by atoms with van der Waals surface area (Å²) >= 11 is 12.7. The largest absolute Gasteiger partial charge is 1.00 e. The number of H-pyrrole nitrogens is 1. The first kappa shape index (κ1) is 14.5. The Bertz CT molecular complexity index is 989. The molecule has 0 aliphatic rings. The quantitative estimate of drug-likeness (QED) is 0.470. The Morgan fingerprint density at radius 2 is 1.76 bits per heavy atom. The minimum Gasteiger partial charge on any atom is -1.00 e. The summed E-state index contributed by atoms with van der Waals surface area (Å²) in [5, 5.41) is 3.61. The van der Waals surface area contributed by atoms with E-state index in [2.05, 4.69) is 21.7 Å². The highest BCUT2D eigenvalue weighted by molar-refractivity contribution is 6.40. The van der Waals surface area contributed by atoms with Gasteiger partial charge in [0.05, 0.1) is 21.3 Å².